The predicted octanol–water partition coefficient (Wildman–Crippen LogP) is 2.62. The fourth-order valence-electron chi connectivity index (χ4n) is 2.19. The maximum Gasteiger partial charge on any atom is 0.360 e. The second-order valence-electron chi connectivity index (χ2n) is 4.19. The first-order valence-electron chi connectivity index (χ1n) is 6.06. The number of aryl methyl sites for hydroxylation is 1. The third kappa shape index (κ3) is 2.35. The number of methoxy groups -OCH3 is 1. The quantitative estimate of drug-likeness (QED) is 0.873. The summed E-state index contributed by atoms with van der Waals surface area (Å²) in [6.07, 6.45) is 0.878. The van der Waals surface area contributed by atoms with Crippen LogP contribution >= 0.6 is 11.3 Å². The van der Waals surface area contributed by atoms with Crippen LogP contribution in [0.2, 0.25) is 0 Å². The first kappa shape index (κ1) is 13.6. The summed E-state index contributed by atoms with van der Waals surface area (Å²) < 4.78 is 6.60. The van der Waals surface area contributed by atoms with Crippen molar-refractivity contribution >= 4 is 23.1 Å². The molecule has 0 spiro atoms. The Morgan fingerprint density at radius 1 is 1.63 bits per heavy atom. The Labute approximate surface area is 116 Å². The van der Waals surface area contributed by atoms with Crippen LogP contribution in [0.4, 0.5) is 5.82 Å². The van der Waals surface area contributed by atoms with E-state index in [-0.39, 0.29) is 11.7 Å². The van der Waals surface area contributed by atoms with Crippen LogP contribution in [0.1, 0.15) is 40.6 Å². The van der Waals surface area contributed by atoms with Gasteiger partial charge in [-0.3, -0.25) is 0 Å². The highest BCUT2D eigenvalue weighted by atomic mass is 32.1. The van der Waals surface area contributed by atoms with Crippen LogP contribution < -0.4 is 5.73 Å². The van der Waals surface area contributed by atoms with Crippen LogP contribution in [-0.2, 0) is 4.74 Å². The maximum absolute atomic E-state index is 11.6. The van der Waals surface area contributed by atoms with Gasteiger partial charge in [-0.1, -0.05) is 13.0 Å². The second kappa shape index (κ2) is 5.44. The lowest BCUT2D eigenvalue weighted by molar-refractivity contribution is 0.0595. The SMILES string of the molecule is CCC(c1cccs1)n1c(C)nc(C(=O)OC)c1N. The van der Waals surface area contributed by atoms with Gasteiger partial charge in [0.1, 0.15) is 11.6 Å². The number of rotatable bonds is 4. The molecule has 1 unspecified atom stereocenters. The zero-order valence-corrected chi connectivity index (χ0v) is 12.0. The van der Waals surface area contributed by atoms with Gasteiger partial charge in [0.25, 0.3) is 0 Å². The van der Waals surface area contributed by atoms with Crippen LogP contribution in [0.3, 0.4) is 0 Å². The van der Waals surface area contributed by atoms with Crippen molar-refractivity contribution in [3.8, 4) is 0 Å². The molecular weight excluding hydrogens is 262 g/mol. The van der Waals surface area contributed by atoms with Gasteiger partial charge in [-0.25, -0.2) is 9.78 Å². The van der Waals surface area contributed by atoms with Gasteiger partial charge in [0.05, 0.1) is 13.2 Å². The summed E-state index contributed by atoms with van der Waals surface area (Å²) >= 11 is 1.67. The zero-order valence-electron chi connectivity index (χ0n) is 11.2. The van der Waals surface area contributed by atoms with Gasteiger partial charge in [-0.2, -0.15) is 0 Å². The molecule has 1 atom stereocenters. The summed E-state index contributed by atoms with van der Waals surface area (Å²) in [4.78, 5) is 17.0. The molecule has 0 aliphatic carbocycles. The minimum absolute atomic E-state index is 0.103. The standard InChI is InChI=1S/C13H17N3O2S/c1-4-9(10-6-5-7-19-10)16-8(2)15-11(12(16)14)13(17)18-3/h5-7,9H,4,14H2,1-3H3. The molecule has 0 amide bonds. The number of hydrogen-bond donors (Lipinski definition) is 1. The van der Waals surface area contributed by atoms with Crippen molar-refractivity contribution in [3.63, 3.8) is 0 Å². The Morgan fingerprint density at radius 2 is 2.37 bits per heavy atom. The first-order chi connectivity index (χ1) is 9.10. The van der Waals surface area contributed by atoms with E-state index in [0.717, 1.165) is 12.2 Å². The van der Waals surface area contributed by atoms with E-state index in [4.69, 9.17) is 10.5 Å². The average Bonchev–Trinajstić information content (AvgIpc) is 3.02. The monoisotopic (exact) mass is 279 g/mol. The third-order valence-corrected chi connectivity index (χ3v) is 4.05. The molecule has 2 heterocycles. The van der Waals surface area contributed by atoms with Crippen molar-refractivity contribution in [3.05, 3.63) is 33.9 Å². The van der Waals surface area contributed by atoms with Gasteiger partial charge in [0, 0.05) is 4.88 Å². The molecule has 102 valence electrons. The number of nitrogens with zero attached hydrogens (tertiary/aromatic N) is 2. The lowest BCUT2D eigenvalue weighted by Gasteiger charge is -2.18. The molecule has 6 heteroatoms. The molecule has 2 N–H and O–H groups in total. The van der Waals surface area contributed by atoms with Gasteiger partial charge < -0.3 is 15.0 Å². The first-order valence-corrected chi connectivity index (χ1v) is 6.94. The van der Waals surface area contributed by atoms with Crippen molar-refractivity contribution < 1.29 is 9.53 Å². The molecule has 5 nitrogen and oxygen atoms in total. The molecule has 2 aromatic rings. The van der Waals surface area contributed by atoms with Crippen LogP contribution in [0, 0.1) is 6.92 Å². The van der Waals surface area contributed by atoms with Gasteiger partial charge in [0.2, 0.25) is 0 Å². The van der Waals surface area contributed by atoms with E-state index >= 15 is 0 Å². The number of carbonyl (C=O) groups is 1. The van der Waals surface area contributed by atoms with Crippen LogP contribution in [0.5, 0.6) is 0 Å². The lowest BCUT2D eigenvalue weighted by Crippen LogP contribution is -2.14. The molecule has 19 heavy (non-hydrogen) atoms. The molecule has 0 aromatic carbocycles. The largest absolute Gasteiger partial charge is 0.464 e. The average molecular weight is 279 g/mol. The summed E-state index contributed by atoms with van der Waals surface area (Å²) in [6, 6.07) is 4.17. The number of nitrogens with two attached hydrogens (primary N) is 1. The molecular formula is C13H17N3O2S. The van der Waals surface area contributed by atoms with Crippen molar-refractivity contribution in [2.24, 2.45) is 0 Å². The number of carbonyl (C=O) groups excluding carboxylic acids is 1. The highest BCUT2D eigenvalue weighted by molar-refractivity contribution is 7.10. The van der Waals surface area contributed by atoms with E-state index in [2.05, 4.69) is 18.0 Å². The number of imidazole rings is 1. The van der Waals surface area contributed by atoms with Gasteiger partial charge in [-0.15, -0.1) is 11.3 Å². The number of esters is 1. The van der Waals surface area contributed by atoms with E-state index in [1.54, 1.807) is 11.3 Å². The van der Waals surface area contributed by atoms with Crippen LogP contribution in [0.15, 0.2) is 17.5 Å². The summed E-state index contributed by atoms with van der Waals surface area (Å²) in [6.45, 7) is 3.93. The van der Waals surface area contributed by atoms with Crippen LogP contribution in [0.25, 0.3) is 0 Å². The molecule has 0 bridgehead atoms. The maximum atomic E-state index is 11.6. The topological polar surface area (TPSA) is 70.1 Å². The molecule has 0 aliphatic heterocycles. The summed E-state index contributed by atoms with van der Waals surface area (Å²) in [5.41, 5.74) is 6.26. The van der Waals surface area contributed by atoms with E-state index < -0.39 is 5.97 Å². The van der Waals surface area contributed by atoms with Gasteiger partial charge in [0.15, 0.2) is 5.69 Å². The smallest absolute Gasteiger partial charge is 0.360 e. The van der Waals surface area contributed by atoms with Crippen LogP contribution in [-0.4, -0.2) is 22.6 Å². The fourth-order valence-corrected chi connectivity index (χ4v) is 3.09. The van der Waals surface area contributed by atoms with Crippen molar-refractivity contribution in [2.45, 2.75) is 26.3 Å². The highest BCUT2D eigenvalue weighted by Gasteiger charge is 2.24. The Hall–Kier alpha value is -1.82. The zero-order chi connectivity index (χ0) is 14.0. The summed E-state index contributed by atoms with van der Waals surface area (Å²) in [5, 5.41) is 2.03. The third-order valence-electron chi connectivity index (χ3n) is 3.07. The lowest BCUT2D eigenvalue weighted by atomic mass is 10.2. The van der Waals surface area contributed by atoms with Crippen molar-refractivity contribution in [1.82, 2.24) is 9.55 Å². The molecule has 0 saturated carbocycles. The molecule has 0 fully saturated rings. The highest BCUT2D eigenvalue weighted by Crippen LogP contribution is 2.31. The number of aromatic nitrogens is 2. The predicted molar refractivity (Wildman–Crippen MR) is 75.5 cm³/mol. The molecule has 0 saturated heterocycles. The molecule has 2 aromatic heterocycles. The van der Waals surface area contributed by atoms with E-state index in [1.807, 2.05) is 22.9 Å². The Morgan fingerprint density at radius 3 is 2.89 bits per heavy atom. The number of nitrogen functional groups attached to an aromatic ring is 1. The Balaban J connectivity index is 2.50. The van der Waals surface area contributed by atoms with Gasteiger partial charge >= 0.3 is 5.97 Å². The van der Waals surface area contributed by atoms with Crippen molar-refractivity contribution in [1.29, 1.82) is 0 Å². The normalized spacial score (nSPS) is 12.4. The van der Waals surface area contributed by atoms with Crippen molar-refractivity contribution in [2.75, 3.05) is 12.8 Å². The summed E-state index contributed by atoms with van der Waals surface area (Å²) in [5.74, 6) is 0.586. The number of thiophene rings is 1. The fraction of sp³-hybridized carbons (Fsp3) is 0.385. The minimum Gasteiger partial charge on any atom is -0.464 e. The van der Waals surface area contributed by atoms with E-state index in [1.165, 1.54) is 12.0 Å². The van der Waals surface area contributed by atoms with E-state index in [9.17, 15) is 4.79 Å². The van der Waals surface area contributed by atoms with Gasteiger partial charge in [-0.05, 0) is 24.8 Å². The molecule has 0 radical (unpaired) electrons. The number of ether oxygens (including phenoxy) is 1. The number of hydrogen-bond acceptors (Lipinski definition) is 5. The Bertz CT molecular complexity index is 575. The number of anilines is 1. The second-order valence-corrected chi connectivity index (χ2v) is 5.17. The van der Waals surface area contributed by atoms with E-state index in [0.29, 0.717) is 5.82 Å². The Kier molecular flexibility index (Phi) is 3.90. The molecule has 0 aliphatic rings. The summed E-state index contributed by atoms with van der Waals surface area (Å²) in [7, 11) is 1.33. The molecule has 2 rings (SSSR count). The minimum atomic E-state index is -0.500.